The molecule has 1 amide bonds. The zero-order chi connectivity index (χ0) is 17.2. The molecule has 1 fully saturated rings. The second kappa shape index (κ2) is 6.64. The van der Waals surface area contributed by atoms with E-state index in [1.165, 1.54) is 29.1 Å². The molecule has 1 atom stereocenters. The van der Waals surface area contributed by atoms with Crippen LogP contribution in [0.15, 0.2) is 36.5 Å². The lowest BCUT2D eigenvalue weighted by Gasteiger charge is -2.22. The first kappa shape index (κ1) is 16.5. The molecule has 5 nitrogen and oxygen atoms in total. The Morgan fingerprint density at radius 1 is 1.33 bits per heavy atom. The summed E-state index contributed by atoms with van der Waals surface area (Å²) in [6, 6.07) is 6.19. The van der Waals surface area contributed by atoms with Gasteiger partial charge in [-0.2, -0.15) is 18.3 Å². The summed E-state index contributed by atoms with van der Waals surface area (Å²) in [4.78, 5) is 12.2. The maximum atomic E-state index is 12.8. The third-order valence-electron chi connectivity index (χ3n) is 3.76. The van der Waals surface area contributed by atoms with Crippen LogP contribution in [0, 0.1) is 0 Å². The number of benzene rings is 1. The zero-order valence-electron chi connectivity index (χ0n) is 12.7. The van der Waals surface area contributed by atoms with Crippen LogP contribution < -0.4 is 5.32 Å². The topological polar surface area (TPSA) is 56.1 Å². The number of rotatable bonds is 3. The van der Waals surface area contributed by atoms with Gasteiger partial charge in [-0.3, -0.25) is 4.79 Å². The minimum absolute atomic E-state index is 0.0649. The molecule has 0 bridgehead atoms. The fourth-order valence-corrected chi connectivity index (χ4v) is 2.53. The van der Waals surface area contributed by atoms with Crippen molar-refractivity contribution >= 4 is 5.91 Å². The maximum Gasteiger partial charge on any atom is 0.416 e. The van der Waals surface area contributed by atoms with Crippen molar-refractivity contribution in [3.63, 3.8) is 0 Å². The molecule has 24 heavy (non-hydrogen) atoms. The highest BCUT2D eigenvalue weighted by Gasteiger charge is 2.30. The van der Waals surface area contributed by atoms with E-state index in [1.807, 2.05) is 0 Å². The standard InChI is InChI=1S/C16H16F3N3O2/c17-16(18,19)11-3-1-5-13(9-11)22-7-6-14(21-22)15(23)20-12-4-2-8-24-10-12/h1,3,5-7,9,12H,2,4,8,10H2,(H,20,23). The van der Waals surface area contributed by atoms with E-state index < -0.39 is 11.7 Å². The quantitative estimate of drug-likeness (QED) is 0.936. The van der Waals surface area contributed by atoms with Gasteiger partial charge in [-0.05, 0) is 37.1 Å². The molecule has 1 aliphatic heterocycles. The van der Waals surface area contributed by atoms with Crippen LogP contribution in [0.5, 0.6) is 0 Å². The van der Waals surface area contributed by atoms with Gasteiger partial charge < -0.3 is 10.1 Å². The number of nitrogens with one attached hydrogen (secondary N) is 1. The molecule has 1 aromatic carbocycles. The first-order valence-electron chi connectivity index (χ1n) is 7.55. The van der Waals surface area contributed by atoms with E-state index in [9.17, 15) is 18.0 Å². The number of hydrogen-bond acceptors (Lipinski definition) is 3. The molecule has 0 aliphatic carbocycles. The molecule has 0 spiro atoms. The Hall–Kier alpha value is -2.35. The molecule has 8 heteroatoms. The Morgan fingerprint density at radius 2 is 2.17 bits per heavy atom. The van der Waals surface area contributed by atoms with Crippen molar-refractivity contribution in [2.45, 2.75) is 25.1 Å². The van der Waals surface area contributed by atoms with Gasteiger partial charge in [0.25, 0.3) is 5.91 Å². The van der Waals surface area contributed by atoms with Crippen LogP contribution in [0.4, 0.5) is 13.2 Å². The normalized spacial score (nSPS) is 18.4. The van der Waals surface area contributed by atoms with Crippen molar-refractivity contribution in [2.24, 2.45) is 0 Å². The highest BCUT2D eigenvalue weighted by Crippen LogP contribution is 2.30. The minimum Gasteiger partial charge on any atom is -0.379 e. The molecule has 128 valence electrons. The van der Waals surface area contributed by atoms with E-state index >= 15 is 0 Å². The van der Waals surface area contributed by atoms with Crippen molar-refractivity contribution in [2.75, 3.05) is 13.2 Å². The van der Waals surface area contributed by atoms with Gasteiger partial charge in [-0.15, -0.1) is 0 Å². The Bertz CT molecular complexity index is 721. The number of carbonyl (C=O) groups excluding carboxylic acids is 1. The molecular formula is C16H16F3N3O2. The molecule has 1 aromatic heterocycles. The number of amides is 1. The van der Waals surface area contributed by atoms with E-state index in [0.717, 1.165) is 25.0 Å². The largest absolute Gasteiger partial charge is 0.416 e. The van der Waals surface area contributed by atoms with Gasteiger partial charge in [-0.1, -0.05) is 6.07 Å². The molecule has 2 aromatic rings. The van der Waals surface area contributed by atoms with Gasteiger partial charge in [0, 0.05) is 12.8 Å². The van der Waals surface area contributed by atoms with Crippen molar-refractivity contribution < 1.29 is 22.7 Å². The van der Waals surface area contributed by atoms with Crippen LogP contribution >= 0.6 is 0 Å². The highest BCUT2D eigenvalue weighted by atomic mass is 19.4. The Balaban J connectivity index is 1.74. The lowest BCUT2D eigenvalue weighted by molar-refractivity contribution is -0.137. The first-order chi connectivity index (χ1) is 11.4. The Labute approximate surface area is 136 Å². The summed E-state index contributed by atoms with van der Waals surface area (Å²) in [7, 11) is 0. The summed E-state index contributed by atoms with van der Waals surface area (Å²) < 4.78 is 44.9. The maximum absolute atomic E-state index is 12.8. The zero-order valence-corrected chi connectivity index (χ0v) is 12.7. The first-order valence-corrected chi connectivity index (χ1v) is 7.55. The molecular weight excluding hydrogens is 323 g/mol. The van der Waals surface area contributed by atoms with Crippen molar-refractivity contribution in [3.05, 3.63) is 47.8 Å². The third kappa shape index (κ3) is 3.76. The number of carbonyl (C=O) groups is 1. The van der Waals surface area contributed by atoms with Gasteiger partial charge in [0.1, 0.15) is 0 Å². The molecule has 1 N–H and O–H groups in total. The summed E-state index contributed by atoms with van der Waals surface area (Å²) in [5.74, 6) is -0.365. The molecule has 0 saturated carbocycles. The van der Waals surface area contributed by atoms with E-state index in [1.54, 1.807) is 0 Å². The summed E-state index contributed by atoms with van der Waals surface area (Å²) in [5.41, 5.74) is -0.372. The second-order valence-corrected chi connectivity index (χ2v) is 5.58. The summed E-state index contributed by atoms with van der Waals surface area (Å²) in [6.45, 7) is 1.15. The van der Waals surface area contributed by atoms with E-state index in [4.69, 9.17) is 4.74 Å². The number of hydrogen-bond donors (Lipinski definition) is 1. The predicted molar refractivity (Wildman–Crippen MR) is 79.9 cm³/mol. The average molecular weight is 339 g/mol. The summed E-state index contributed by atoms with van der Waals surface area (Å²) >= 11 is 0. The summed E-state index contributed by atoms with van der Waals surface area (Å²) in [6.07, 6.45) is -1.25. The SMILES string of the molecule is O=C(NC1CCCOC1)c1ccn(-c2cccc(C(F)(F)F)c2)n1. The molecule has 3 rings (SSSR count). The Morgan fingerprint density at radius 3 is 2.88 bits per heavy atom. The van der Waals surface area contributed by atoms with E-state index in [-0.39, 0.29) is 23.3 Å². The number of halogens is 3. The van der Waals surface area contributed by atoms with Crippen LogP contribution in [-0.2, 0) is 10.9 Å². The number of alkyl halides is 3. The van der Waals surface area contributed by atoms with Gasteiger partial charge in [0.05, 0.1) is 23.9 Å². The van der Waals surface area contributed by atoms with Crippen LogP contribution in [0.3, 0.4) is 0 Å². The molecule has 1 unspecified atom stereocenters. The van der Waals surface area contributed by atoms with Crippen molar-refractivity contribution in [1.29, 1.82) is 0 Å². The average Bonchev–Trinajstić information content (AvgIpc) is 3.05. The second-order valence-electron chi connectivity index (χ2n) is 5.58. The lowest BCUT2D eigenvalue weighted by Crippen LogP contribution is -2.40. The van der Waals surface area contributed by atoms with Crippen molar-refractivity contribution in [3.8, 4) is 5.69 Å². The molecule has 1 saturated heterocycles. The number of aromatic nitrogens is 2. The lowest BCUT2D eigenvalue weighted by atomic mass is 10.1. The van der Waals surface area contributed by atoms with Crippen molar-refractivity contribution in [1.82, 2.24) is 15.1 Å². The minimum atomic E-state index is -4.43. The van der Waals surface area contributed by atoms with Gasteiger partial charge in [-0.25, -0.2) is 4.68 Å². The molecule has 1 aliphatic rings. The monoisotopic (exact) mass is 339 g/mol. The molecule has 2 heterocycles. The van der Waals surface area contributed by atoms with Gasteiger partial charge in [0.2, 0.25) is 0 Å². The highest BCUT2D eigenvalue weighted by molar-refractivity contribution is 5.92. The van der Waals surface area contributed by atoms with Crippen LogP contribution in [0.2, 0.25) is 0 Å². The van der Waals surface area contributed by atoms with E-state index in [0.29, 0.717) is 13.2 Å². The van der Waals surface area contributed by atoms with Crippen LogP contribution in [-0.4, -0.2) is 34.9 Å². The third-order valence-corrected chi connectivity index (χ3v) is 3.76. The fraction of sp³-hybridized carbons (Fsp3) is 0.375. The van der Waals surface area contributed by atoms with Crippen LogP contribution in [0.1, 0.15) is 28.9 Å². The molecule has 0 radical (unpaired) electrons. The van der Waals surface area contributed by atoms with E-state index in [2.05, 4.69) is 10.4 Å². The van der Waals surface area contributed by atoms with Gasteiger partial charge in [0.15, 0.2) is 5.69 Å². The predicted octanol–water partition coefficient (Wildman–Crippen LogP) is 2.80. The summed E-state index contributed by atoms with van der Waals surface area (Å²) in [5, 5.41) is 6.88. The smallest absolute Gasteiger partial charge is 0.379 e. The fourth-order valence-electron chi connectivity index (χ4n) is 2.53. The van der Waals surface area contributed by atoms with Crippen LogP contribution in [0.25, 0.3) is 5.69 Å². The Kier molecular flexibility index (Phi) is 4.57. The number of nitrogens with zero attached hydrogens (tertiary/aromatic N) is 2. The van der Waals surface area contributed by atoms with Gasteiger partial charge >= 0.3 is 6.18 Å². The number of ether oxygens (including phenoxy) is 1.